The fraction of sp³-hybridized carbons (Fsp3) is 0.333. The van der Waals surface area contributed by atoms with Crippen LogP contribution in [0.25, 0.3) is 11.0 Å². The van der Waals surface area contributed by atoms with E-state index in [1.165, 1.54) is 0 Å². The van der Waals surface area contributed by atoms with Gasteiger partial charge in [0.25, 0.3) is 0 Å². The second kappa shape index (κ2) is 3.14. The standard InChI is InChI=1S/C9H12N4/c1-2-8-7-3-6(4-10)5-11-9(7)13-12-8/h3,5H,2,4,10H2,1H3,(H,11,12,13). The van der Waals surface area contributed by atoms with Gasteiger partial charge in [-0.25, -0.2) is 4.98 Å². The van der Waals surface area contributed by atoms with Crippen molar-refractivity contribution in [2.24, 2.45) is 5.73 Å². The monoisotopic (exact) mass is 176 g/mol. The highest BCUT2D eigenvalue weighted by molar-refractivity contribution is 5.78. The zero-order chi connectivity index (χ0) is 9.26. The van der Waals surface area contributed by atoms with Gasteiger partial charge in [-0.2, -0.15) is 5.10 Å². The Labute approximate surface area is 76.2 Å². The number of rotatable bonds is 2. The Hall–Kier alpha value is -1.42. The smallest absolute Gasteiger partial charge is 0.181 e. The van der Waals surface area contributed by atoms with E-state index in [4.69, 9.17) is 5.73 Å². The van der Waals surface area contributed by atoms with Crippen molar-refractivity contribution in [1.82, 2.24) is 15.2 Å². The highest BCUT2D eigenvalue weighted by atomic mass is 15.1. The maximum absolute atomic E-state index is 5.53. The van der Waals surface area contributed by atoms with Crippen molar-refractivity contribution in [3.63, 3.8) is 0 Å². The highest BCUT2D eigenvalue weighted by Gasteiger charge is 2.04. The molecule has 2 heterocycles. The molecule has 0 saturated carbocycles. The number of aryl methyl sites for hydroxylation is 1. The van der Waals surface area contributed by atoms with E-state index in [0.717, 1.165) is 28.7 Å². The summed E-state index contributed by atoms with van der Waals surface area (Å²) in [5, 5.41) is 8.14. The summed E-state index contributed by atoms with van der Waals surface area (Å²) in [5.74, 6) is 0. The number of pyridine rings is 1. The summed E-state index contributed by atoms with van der Waals surface area (Å²) in [7, 11) is 0. The van der Waals surface area contributed by atoms with E-state index in [1.807, 2.05) is 6.07 Å². The third-order valence-corrected chi connectivity index (χ3v) is 2.13. The van der Waals surface area contributed by atoms with E-state index in [1.54, 1.807) is 6.20 Å². The van der Waals surface area contributed by atoms with Crippen LogP contribution < -0.4 is 5.73 Å². The average molecular weight is 176 g/mol. The van der Waals surface area contributed by atoms with Gasteiger partial charge < -0.3 is 5.73 Å². The Balaban J connectivity index is 2.64. The lowest BCUT2D eigenvalue weighted by atomic mass is 10.2. The molecule has 3 N–H and O–H groups in total. The van der Waals surface area contributed by atoms with Crippen LogP contribution in [0.5, 0.6) is 0 Å². The molecule has 4 heteroatoms. The maximum Gasteiger partial charge on any atom is 0.181 e. The average Bonchev–Trinajstić information content (AvgIpc) is 2.59. The second-order valence-electron chi connectivity index (χ2n) is 2.97. The van der Waals surface area contributed by atoms with Crippen molar-refractivity contribution in [3.05, 3.63) is 23.5 Å². The predicted octanol–water partition coefficient (Wildman–Crippen LogP) is 0.979. The number of fused-ring (bicyclic) bond motifs is 1. The quantitative estimate of drug-likeness (QED) is 0.716. The van der Waals surface area contributed by atoms with Crippen molar-refractivity contribution < 1.29 is 0 Å². The molecular weight excluding hydrogens is 164 g/mol. The first-order valence-corrected chi connectivity index (χ1v) is 4.37. The normalized spacial score (nSPS) is 10.9. The van der Waals surface area contributed by atoms with Crippen LogP contribution >= 0.6 is 0 Å². The van der Waals surface area contributed by atoms with E-state index in [-0.39, 0.29) is 0 Å². The molecule has 2 rings (SSSR count). The number of H-pyrrole nitrogens is 1. The zero-order valence-corrected chi connectivity index (χ0v) is 7.54. The first-order valence-electron chi connectivity index (χ1n) is 4.37. The number of hydrogen-bond donors (Lipinski definition) is 2. The summed E-state index contributed by atoms with van der Waals surface area (Å²) in [6, 6.07) is 2.05. The molecule has 0 spiro atoms. The summed E-state index contributed by atoms with van der Waals surface area (Å²) in [4.78, 5) is 4.20. The summed E-state index contributed by atoms with van der Waals surface area (Å²) in [5.41, 5.74) is 8.47. The molecule has 2 aromatic heterocycles. The molecule has 0 aliphatic carbocycles. The van der Waals surface area contributed by atoms with Crippen LogP contribution in [0, 0.1) is 0 Å². The second-order valence-corrected chi connectivity index (χ2v) is 2.97. The Morgan fingerprint density at radius 1 is 1.54 bits per heavy atom. The van der Waals surface area contributed by atoms with Crippen LogP contribution in [0.15, 0.2) is 12.3 Å². The molecular formula is C9H12N4. The van der Waals surface area contributed by atoms with Crippen molar-refractivity contribution >= 4 is 11.0 Å². The Bertz CT molecular complexity index is 418. The van der Waals surface area contributed by atoms with Gasteiger partial charge in [0, 0.05) is 23.8 Å². The van der Waals surface area contributed by atoms with Crippen LogP contribution in [0.4, 0.5) is 0 Å². The zero-order valence-electron chi connectivity index (χ0n) is 7.54. The van der Waals surface area contributed by atoms with E-state index in [2.05, 4.69) is 22.1 Å². The van der Waals surface area contributed by atoms with E-state index in [9.17, 15) is 0 Å². The molecule has 0 radical (unpaired) electrons. The minimum Gasteiger partial charge on any atom is -0.326 e. The van der Waals surface area contributed by atoms with Gasteiger partial charge >= 0.3 is 0 Å². The van der Waals surface area contributed by atoms with Crippen LogP contribution in [-0.4, -0.2) is 15.2 Å². The van der Waals surface area contributed by atoms with Gasteiger partial charge in [0.15, 0.2) is 5.65 Å². The van der Waals surface area contributed by atoms with Crippen LogP contribution in [-0.2, 0) is 13.0 Å². The summed E-state index contributed by atoms with van der Waals surface area (Å²) >= 11 is 0. The van der Waals surface area contributed by atoms with Crippen molar-refractivity contribution in [3.8, 4) is 0 Å². The molecule has 4 nitrogen and oxygen atoms in total. The predicted molar refractivity (Wildman–Crippen MR) is 51.2 cm³/mol. The van der Waals surface area contributed by atoms with E-state index >= 15 is 0 Å². The fourth-order valence-electron chi connectivity index (χ4n) is 1.37. The molecule has 0 aromatic carbocycles. The van der Waals surface area contributed by atoms with Gasteiger partial charge in [-0.3, -0.25) is 5.10 Å². The number of aromatic amines is 1. The molecule has 0 amide bonds. The number of nitrogens with one attached hydrogen (secondary N) is 1. The Kier molecular flexibility index (Phi) is 1.98. The fourth-order valence-corrected chi connectivity index (χ4v) is 1.37. The molecule has 0 unspecified atom stereocenters. The molecule has 13 heavy (non-hydrogen) atoms. The molecule has 0 aliphatic heterocycles. The molecule has 0 fully saturated rings. The molecule has 0 aliphatic rings. The number of aromatic nitrogens is 3. The summed E-state index contributed by atoms with van der Waals surface area (Å²) in [6.45, 7) is 2.61. The minimum atomic E-state index is 0.525. The van der Waals surface area contributed by atoms with Gasteiger partial charge in [-0.15, -0.1) is 0 Å². The van der Waals surface area contributed by atoms with Gasteiger partial charge in [0.1, 0.15) is 0 Å². The lowest BCUT2D eigenvalue weighted by Crippen LogP contribution is -1.96. The molecule has 0 saturated heterocycles. The van der Waals surface area contributed by atoms with Gasteiger partial charge in [-0.1, -0.05) is 6.92 Å². The van der Waals surface area contributed by atoms with Crippen molar-refractivity contribution in [2.75, 3.05) is 0 Å². The van der Waals surface area contributed by atoms with Crippen molar-refractivity contribution in [2.45, 2.75) is 19.9 Å². The van der Waals surface area contributed by atoms with Gasteiger partial charge in [0.2, 0.25) is 0 Å². The van der Waals surface area contributed by atoms with Crippen LogP contribution in [0.1, 0.15) is 18.2 Å². The Morgan fingerprint density at radius 3 is 3.08 bits per heavy atom. The molecule has 0 atom stereocenters. The minimum absolute atomic E-state index is 0.525. The molecule has 2 aromatic rings. The highest BCUT2D eigenvalue weighted by Crippen LogP contribution is 2.15. The molecule has 0 bridgehead atoms. The topological polar surface area (TPSA) is 67.6 Å². The SMILES string of the molecule is CCc1[nH]nc2ncc(CN)cc12. The first kappa shape index (κ1) is 8.19. The number of hydrogen-bond acceptors (Lipinski definition) is 3. The van der Waals surface area contributed by atoms with E-state index in [0.29, 0.717) is 6.54 Å². The summed E-state index contributed by atoms with van der Waals surface area (Å²) < 4.78 is 0. The van der Waals surface area contributed by atoms with E-state index < -0.39 is 0 Å². The lowest BCUT2D eigenvalue weighted by Gasteiger charge is -1.95. The largest absolute Gasteiger partial charge is 0.326 e. The van der Waals surface area contributed by atoms with Crippen LogP contribution in [0.3, 0.4) is 0 Å². The number of nitrogens with zero attached hydrogens (tertiary/aromatic N) is 2. The Morgan fingerprint density at radius 2 is 2.38 bits per heavy atom. The van der Waals surface area contributed by atoms with Gasteiger partial charge in [-0.05, 0) is 18.1 Å². The molecule has 68 valence electrons. The number of nitrogens with two attached hydrogens (primary N) is 1. The maximum atomic E-state index is 5.53. The third-order valence-electron chi connectivity index (χ3n) is 2.13. The lowest BCUT2D eigenvalue weighted by molar-refractivity contribution is 0.983. The first-order chi connectivity index (χ1) is 6.35. The third kappa shape index (κ3) is 1.29. The summed E-state index contributed by atoms with van der Waals surface area (Å²) in [6.07, 6.45) is 2.70. The van der Waals surface area contributed by atoms with Crippen molar-refractivity contribution in [1.29, 1.82) is 0 Å². The van der Waals surface area contributed by atoms with Gasteiger partial charge in [0.05, 0.1) is 0 Å². The van der Waals surface area contributed by atoms with Crippen LogP contribution in [0.2, 0.25) is 0 Å².